The van der Waals surface area contributed by atoms with Gasteiger partial charge in [-0.05, 0) is 60.4 Å². The second kappa shape index (κ2) is 9.79. The summed E-state index contributed by atoms with van der Waals surface area (Å²) in [6.07, 6.45) is 2.44. The summed E-state index contributed by atoms with van der Waals surface area (Å²) in [4.78, 5) is 19.6. The summed E-state index contributed by atoms with van der Waals surface area (Å²) in [6.45, 7) is 1.93. The SMILES string of the molecule is Cc1cnc(N[C@@H]2CCN(S(=O)(=O)c3ccc(-c4ccnc(C(N)=O)c4)cc3)C[C@@H]2O)c(C#N)c1. The summed E-state index contributed by atoms with van der Waals surface area (Å²) in [5, 5.41) is 23.1. The molecule has 10 nitrogen and oxygen atoms in total. The van der Waals surface area contributed by atoms with Crippen LogP contribution in [0.3, 0.4) is 0 Å². The largest absolute Gasteiger partial charge is 0.390 e. The minimum Gasteiger partial charge on any atom is -0.390 e. The Hall–Kier alpha value is -3.85. The number of nitrogens with zero attached hydrogens (tertiary/aromatic N) is 4. The molecule has 0 unspecified atom stereocenters. The number of aromatic nitrogens is 2. The number of pyridine rings is 2. The van der Waals surface area contributed by atoms with Crippen LogP contribution in [0.1, 0.15) is 28.0 Å². The van der Waals surface area contributed by atoms with Gasteiger partial charge in [0.25, 0.3) is 5.91 Å². The molecule has 1 aromatic carbocycles. The number of hydrogen-bond donors (Lipinski definition) is 3. The Morgan fingerprint density at radius 2 is 1.94 bits per heavy atom. The van der Waals surface area contributed by atoms with Crippen LogP contribution in [0.4, 0.5) is 5.82 Å². The number of rotatable bonds is 6. The van der Waals surface area contributed by atoms with Crippen molar-refractivity contribution in [3.63, 3.8) is 0 Å². The molecule has 2 aromatic heterocycles. The van der Waals surface area contributed by atoms with Crippen molar-refractivity contribution in [1.82, 2.24) is 14.3 Å². The van der Waals surface area contributed by atoms with E-state index in [2.05, 4.69) is 21.4 Å². The zero-order chi connectivity index (χ0) is 25.2. The third kappa shape index (κ3) is 5.14. The third-order valence-corrected chi connectivity index (χ3v) is 7.73. The minimum atomic E-state index is -3.84. The fourth-order valence-corrected chi connectivity index (χ4v) is 5.42. The fourth-order valence-electron chi connectivity index (χ4n) is 3.95. The minimum absolute atomic E-state index is 0.0935. The van der Waals surface area contributed by atoms with E-state index >= 15 is 0 Å². The van der Waals surface area contributed by atoms with E-state index in [4.69, 9.17) is 5.73 Å². The fraction of sp³-hybridized carbons (Fsp3) is 0.250. The smallest absolute Gasteiger partial charge is 0.267 e. The molecule has 1 aliphatic rings. The lowest BCUT2D eigenvalue weighted by atomic mass is 10.0. The summed E-state index contributed by atoms with van der Waals surface area (Å²) in [6, 6.07) is 12.8. The monoisotopic (exact) mass is 492 g/mol. The van der Waals surface area contributed by atoms with Crippen molar-refractivity contribution in [2.45, 2.75) is 30.4 Å². The Bertz CT molecular complexity index is 1400. The highest BCUT2D eigenvalue weighted by Crippen LogP contribution is 2.26. The maximum absolute atomic E-state index is 13.2. The van der Waals surface area contributed by atoms with Gasteiger partial charge in [-0.3, -0.25) is 9.78 Å². The lowest BCUT2D eigenvalue weighted by Gasteiger charge is -2.35. The van der Waals surface area contributed by atoms with Gasteiger partial charge >= 0.3 is 0 Å². The Kier molecular flexibility index (Phi) is 6.79. The van der Waals surface area contributed by atoms with Gasteiger partial charge in [-0.1, -0.05) is 12.1 Å². The molecule has 11 heteroatoms. The van der Waals surface area contributed by atoms with Crippen molar-refractivity contribution < 1.29 is 18.3 Å². The van der Waals surface area contributed by atoms with E-state index < -0.39 is 28.1 Å². The Labute approximate surface area is 203 Å². The number of nitrogens with one attached hydrogen (secondary N) is 1. The van der Waals surface area contributed by atoms with E-state index in [1.54, 1.807) is 36.5 Å². The molecule has 3 heterocycles. The molecule has 4 N–H and O–H groups in total. The molecule has 0 aliphatic carbocycles. The van der Waals surface area contributed by atoms with Crippen LogP contribution in [0.5, 0.6) is 0 Å². The quantitative estimate of drug-likeness (QED) is 0.468. The molecule has 1 amide bonds. The molecule has 1 fully saturated rings. The predicted molar refractivity (Wildman–Crippen MR) is 129 cm³/mol. The van der Waals surface area contributed by atoms with Crippen LogP contribution < -0.4 is 11.1 Å². The van der Waals surface area contributed by atoms with Crippen molar-refractivity contribution in [3.8, 4) is 17.2 Å². The molecule has 1 saturated heterocycles. The average Bonchev–Trinajstić information content (AvgIpc) is 2.86. The first-order valence-electron chi connectivity index (χ1n) is 10.9. The molecule has 35 heavy (non-hydrogen) atoms. The normalized spacial score (nSPS) is 18.5. The van der Waals surface area contributed by atoms with Gasteiger partial charge in [0.15, 0.2) is 0 Å². The molecule has 1 aliphatic heterocycles. The van der Waals surface area contributed by atoms with Crippen molar-refractivity contribution in [1.29, 1.82) is 5.26 Å². The van der Waals surface area contributed by atoms with Crippen molar-refractivity contribution in [3.05, 3.63) is 71.7 Å². The molecule has 4 rings (SSSR count). The number of nitrogens with two attached hydrogens (primary N) is 1. The highest BCUT2D eigenvalue weighted by atomic mass is 32.2. The number of amides is 1. The number of sulfonamides is 1. The number of aryl methyl sites for hydroxylation is 1. The molecule has 0 spiro atoms. The molecular weight excluding hydrogens is 468 g/mol. The molecule has 0 radical (unpaired) electrons. The lowest BCUT2D eigenvalue weighted by molar-refractivity contribution is 0.0949. The predicted octanol–water partition coefficient (Wildman–Crippen LogP) is 1.66. The number of primary amides is 1. The van der Waals surface area contributed by atoms with Gasteiger partial charge in [0, 0.05) is 25.5 Å². The number of hydrogen-bond acceptors (Lipinski definition) is 8. The summed E-state index contributed by atoms with van der Waals surface area (Å²) >= 11 is 0. The summed E-state index contributed by atoms with van der Waals surface area (Å²) in [7, 11) is -3.84. The lowest BCUT2D eigenvalue weighted by Crippen LogP contribution is -2.51. The van der Waals surface area contributed by atoms with Crippen LogP contribution in [-0.4, -0.2) is 58.9 Å². The maximum Gasteiger partial charge on any atom is 0.267 e. The first-order chi connectivity index (χ1) is 16.7. The van der Waals surface area contributed by atoms with Gasteiger partial charge in [-0.15, -0.1) is 0 Å². The first-order valence-corrected chi connectivity index (χ1v) is 12.3. The highest BCUT2D eigenvalue weighted by Gasteiger charge is 2.35. The number of piperidine rings is 1. The first kappa shape index (κ1) is 24.3. The summed E-state index contributed by atoms with van der Waals surface area (Å²) in [5.41, 5.74) is 7.99. The van der Waals surface area contributed by atoms with E-state index in [0.717, 1.165) is 5.56 Å². The van der Waals surface area contributed by atoms with Gasteiger partial charge in [-0.25, -0.2) is 13.4 Å². The number of nitriles is 1. The summed E-state index contributed by atoms with van der Waals surface area (Å²) in [5.74, 6) is -0.283. The molecular formula is C24H24N6O4S. The van der Waals surface area contributed by atoms with E-state index in [1.165, 1.54) is 22.6 Å². The molecule has 180 valence electrons. The maximum atomic E-state index is 13.2. The molecule has 3 aromatic rings. The van der Waals surface area contributed by atoms with Crippen LogP contribution in [0.15, 0.2) is 59.8 Å². The third-order valence-electron chi connectivity index (χ3n) is 5.85. The van der Waals surface area contributed by atoms with Gasteiger partial charge in [0.2, 0.25) is 10.0 Å². The van der Waals surface area contributed by atoms with E-state index in [-0.39, 0.29) is 23.7 Å². The van der Waals surface area contributed by atoms with Crippen LogP contribution in [0, 0.1) is 18.3 Å². The van der Waals surface area contributed by atoms with Gasteiger partial charge in [0.1, 0.15) is 17.6 Å². The Morgan fingerprint density at radius 3 is 2.60 bits per heavy atom. The topological polar surface area (TPSA) is 162 Å². The van der Waals surface area contributed by atoms with Crippen molar-refractivity contribution in [2.75, 3.05) is 18.4 Å². The number of β-amino-alcohol motifs (C(OH)–C–C–N with tert-alkyl or cyclic N) is 1. The molecule has 2 atom stereocenters. The second-order valence-corrected chi connectivity index (χ2v) is 10.2. The standard InChI is InChI=1S/C24H24N6O4S/c1-15-10-18(12-25)24(28-13-15)29-20-7-9-30(14-22(20)31)35(33,34)19-4-2-16(3-5-19)17-6-8-27-21(11-17)23(26)32/h2-6,8,10-11,13,20,22,31H,7,9,14H2,1H3,(H2,26,32)(H,28,29)/t20-,22+/m1/s1. The van der Waals surface area contributed by atoms with Crippen LogP contribution in [-0.2, 0) is 10.0 Å². The number of benzene rings is 1. The van der Waals surface area contributed by atoms with Crippen LogP contribution in [0.2, 0.25) is 0 Å². The van der Waals surface area contributed by atoms with E-state index in [1.807, 2.05) is 6.92 Å². The van der Waals surface area contributed by atoms with Gasteiger partial charge in [-0.2, -0.15) is 9.57 Å². The van der Waals surface area contributed by atoms with Crippen molar-refractivity contribution in [2.24, 2.45) is 5.73 Å². The highest BCUT2D eigenvalue weighted by molar-refractivity contribution is 7.89. The zero-order valence-electron chi connectivity index (χ0n) is 18.9. The average molecular weight is 493 g/mol. The second-order valence-electron chi connectivity index (χ2n) is 8.31. The van der Waals surface area contributed by atoms with Crippen LogP contribution in [0.25, 0.3) is 11.1 Å². The van der Waals surface area contributed by atoms with E-state index in [0.29, 0.717) is 28.9 Å². The summed E-state index contributed by atoms with van der Waals surface area (Å²) < 4.78 is 27.6. The Morgan fingerprint density at radius 1 is 1.20 bits per heavy atom. The number of anilines is 1. The molecule has 0 bridgehead atoms. The number of aliphatic hydroxyl groups excluding tert-OH is 1. The number of carbonyl (C=O) groups excluding carboxylic acids is 1. The number of carbonyl (C=O) groups is 1. The van der Waals surface area contributed by atoms with Gasteiger partial charge < -0.3 is 16.2 Å². The van der Waals surface area contributed by atoms with Crippen molar-refractivity contribution >= 4 is 21.7 Å². The zero-order valence-corrected chi connectivity index (χ0v) is 19.7. The van der Waals surface area contributed by atoms with Gasteiger partial charge in [0.05, 0.1) is 22.6 Å². The Balaban J connectivity index is 1.47. The molecule has 0 saturated carbocycles. The number of aliphatic hydroxyl groups is 1. The van der Waals surface area contributed by atoms with E-state index in [9.17, 15) is 23.6 Å². The van der Waals surface area contributed by atoms with Crippen LogP contribution >= 0.6 is 0 Å².